The number of hydrogen-bond donors (Lipinski definition) is 1. The Morgan fingerprint density at radius 2 is 1.86 bits per heavy atom. The van der Waals surface area contributed by atoms with Crippen LogP contribution >= 0.6 is 11.3 Å². The summed E-state index contributed by atoms with van der Waals surface area (Å²) in [5.41, 5.74) is 6.78. The molecule has 22 heavy (non-hydrogen) atoms. The minimum Gasteiger partial charge on any atom is -0.374 e. The number of rotatable bonds is 4. The van der Waals surface area contributed by atoms with Gasteiger partial charge in [-0.1, -0.05) is 41.7 Å². The zero-order valence-corrected chi connectivity index (χ0v) is 13.7. The lowest BCUT2D eigenvalue weighted by Gasteiger charge is -2.30. The van der Waals surface area contributed by atoms with Gasteiger partial charge in [0.2, 0.25) is 9.47 Å². The highest BCUT2D eigenvalue weighted by atomic mass is 32.2. The van der Waals surface area contributed by atoms with Gasteiger partial charge in [-0.15, -0.1) is 10.2 Å². The molecule has 0 unspecified atom stereocenters. The van der Waals surface area contributed by atoms with Crippen molar-refractivity contribution in [3.05, 3.63) is 35.9 Å². The van der Waals surface area contributed by atoms with Crippen LogP contribution in [0.4, 0.5) is 5.13 Å². The molecule has 0 radical (unpaired) electrons. The van der Waals surface area contributed by atoms with E-state index >= 15 is 0 Å². The summed E-state index contributed by atoms with van der Waals surface area (Å²) in [7, 11) is -3.54. The molecule has 8 heteroatoms. The van der Waals surface area contributed by atoms with E-state index in [4.69, 9.17) is 5.73 Å². The van der Waals surface area contributed by atoms with Crippen LogP contribution in [-0.2, 0) is 16.4 Å². The molecule has 1 fully saturated rings. The van der Waals surface area contributed by atoms with Crippen LogP contribution in [0, 0.1) is 5.92 Å². The molecule has 1 saturated heterocycles. The van der Waals surface area contributed by atoms with Crippen LogP contribution < -0.4 is 5.73 Å². The van der Waals surface area contributed by atoms with Crippen molar-refractivity contribution >= 4 is 26.5 Å². The highest BCUT2D eigenvalue weighted by Gasteiger charge is 2.32. The first-order chi connectivity index (χ1) is 10.6. The molecule has 2 aromatic rings. The highest BCUT2D eigenvalue weighted by molar-refractivity contribution is 7.91. The molecule has 2 N–H and O–H groups in total. The van der Waals surface area contributed by atoms with E-state index in [2.05, 4.69) is 22.3 Å². The first-order valence-corrected chi connectivity index (χ1v) is 9.44. The fourth-order valence-electron chi connectivity index (χ4n) is 2.74. The second-order valence-corrected chi connectivity index (χ2v) is 8.56. The second kappa shape index (κ2) is 6.31. The van der Waals surface area contributed by atoms with E-state index in [1.807, 2.05) is 18.2 Å². The lowest BCUT2D eigenvalue weighted by atomic mass is 9.91. The molecule has 0 bridgehead atoms. The van der Waals surface area contributed by atoms with Crippen LogP contribution in [0.25, 0.3) is 0 Å². The lowest BCUT2D eigenvalue weighted by Crippen LogP contribution is -2.38. The summed E-state index contributed by atoms with van der Waals surface area (Å²) < 4.78 is 26.4. The number of sulfonamides is 1. The average Bonchev–Trinajstić information content (AvgIpc) is 2.96. The van der Waals surface area contributed by atoms with Crippen molar-refractivity contribution in [2.75, 3.05) is 18.8 Å². The lowest BCUT2D eigenvalue weighted by molar-refractivity contribution is 0.272. The molecule has 6 nitrogen and oxygen atoms in total. The number of anilines is 1. The van der Waals surface area contributed by atoms with Crippen LogP contribution in [-0.4, -0.2) is 36.0 Å². The Bertz CT molecular complexity index is 722. The van der Waals surface area contributed by atoms with Gasteiger partial charge in [-0.3, -0.25) is 0 Å². The van der Waals surface area contributed by atoms with Crippen molar-refractivity contribution in [1.29, 1.82) is 0 Å². The third-order valence-corrected chi connectivity index (χ3v) is 6.92. The molecule has 3 rings (SSSR count). The average molecular weight is 338 g/mol. The number of nitrogens with two attached hydrogens (primary N) is 1. The molecule has 0 saturated carbocycles. The number of piperidine rings is 1. The zero-order valence-electron chi connectivity index (χ0n) is 12.1. The first-order valence-electron chi connectivity index (χ1n) is 7.19. The van der Waals surface area contributed by atoms with E-state index in [9.17, 15) is 8.42 Å². The molecule has 1 aliphatic rings. The summed E-state index contributed by atoms with van der Waals surface area (Å²) in [6.45, 7) is 1.05. The molecule has 0 spiro atoms. The summed E-state index contributed by atoms with van der Waals surface area (Å²) >= 11 is 0.918. The molecule has 118 valence electrons. The van der Waals surface area contributed by atoms with Gasteiger partial charge >= 0.3 is 0 Å². The van der Waals surface area contributed by atoms with Crippen LogP contribution in [0.1, 0.15) is 18.4 Å². The smallest absolute Gasteiger partial charge is 0.272 e. The summed E-state index contributed by atoms with van der Waals surface area (Å²) in [6, 6.07) is 10.3. The van der Waals surface area contributed by atoms with E-state index < -0.39 is 10.0 Å². The van der Waals surface area contributed by atoms with Gasteiger partial charge in [0.25, 0.3) is 10.0 Å². The molecule has 1 aromatic heterocycles. The quantitative estimate of drug-likeness (QED) is 0.917. The standard InChI is InChI=1S/C14H18N4O2S2/c15-13-16-17-14(21-13)22(19,20)18-8-6-12(7-9-18)10-11-4-2-1-3-5-11/h1-5,12H,6-10H2,(H2,15,16). The molecular formula is C14H18N4O2S2. The van der Waals surface area contributed by atoms with Gasteiger partial charge in [0, 0.05) is 13.1 Å². The number of benzene rings is 1. The van der Waals surface area contributed by atoms with Gasteiger partial charge in [-0.05, 0) is 30.7 Å². The van der Waals surface area contributed by atoms with Gasteiger partial charge in [0.05, 0.1) is 0 Å². The van der Waals surface area contributed by atoms with Crippen molar-refractivity contribution in [2.24, 2.45) is 5.92 Å². The van der Waals surface area contributed by atoms with Gasteiger partial charge in [-0.2, -0.15) is 4.31 Å². The third kappa shape index (κ3) is 3.29. The molecule has 1 aliphatic heterocycles. The number of nitrogens with zero attached hydrogens (tertiary/aromatic N) is 3. The van der Waals surface area contributed by atoms with Gasteiger partial charge in [0.1, 0.15) is 0 Å². The maximum absolute atomic E-state index is 12.4. The number of hydrogen-bond acceptors (Lipinski definition) is 6. The molecule has 2 heterocycles. The Balaban J connectivity index is 1.62. The summed E-state index contributed by atoms with van der Waals surface area (Å²) in [5, 5.41) is 7.43. The predicted octanol–water partition coefficient (Wildman–Crippen LogP) is 1.76. The molecule has 0 amide bonds. The minimum atomic E-state index is -3.54. The van der Waals surface area contributed by atoms with Gasteiger partial charge in [-0.25, -0.2) is 8.42 Å². The van der Waals surface area contributed by atoms with E-state index in [0.717, 1.165) is 30.6 Å². The SMILES string of the molecule is Nc1nnc(S(=O)(=O)N2CCC(Cc3ccccc3)CC2)s1. The zero-order chi connectivity index (χ0) is 15.6. The highest BCUT2D eigenvalue weighted by Crippen LogP contribution is 2.27. The molecule has 1 aromatic carbocycles. The Morgan fingerprint density at radius 1 is 1.18 bits per heavy atom. The van der Waals surface area contributed by atoms with E-state index in [1.54, 1.807) is 0 Å². The van der Waals surface area contributed by atoms with Crippen LogP contribution in [0.15, 0.2) is 34.7 Å². The fourth-order valence-corrected chi connectivity index (χ4v) is 5.13. The first kappa shape index (κ1) is 15.4. The number of nitrogen functional groups attached to an aromatic ring is 1. The van der Waals surface area contributed by atoms with Gasteiger partial charge in [0.15, 0.2) is 0 Å². The Hall–Kier alpha value is -1.51. The van der Waals surface area contributed by atoms with Crippen LogP contribution in [0.3, 0.4) is 0 Å². The summed E-state index contributed by atoms with van der Waals surface area (Å²) in [6.07, 6.45) is 2.73. The fraction of sp³-hybridized carbons (Fsp3) is 0.429. The normalized spacial score (nSPS) is 17.6. The maximum atomic E-state index is 12.4. The molecule has 0 aliphatic carbocycles. The van der Waals surface area contributed by atoms with Crippen molar-refractivity contribution in [3.63, 3.8) is 0 Å². The Kier molecular flexibility index (Phi) is 4.42. The van der Waals surface area contributed by atoms with E-state index in [-0.39, 0.29) is 9.47 Å². The van der Waals surface area contributed by atoms with E-state index in [0.29, 0.717) is 19.0 Å². The van der Waals surface area contributed by atoms with Crippen LogP contribution in [0.2, 0.25) is 0 Å². The minimum absolute atomic E-state index is 0.00786. The van der Waals surface area contributed by atoms with Crippen LogP contribution in [0.5, 0.6) is 0 Å². The number of aromatic nitrogens is 2. The maximum Gasteiger partial charge on any atom is 0.272 e. The monoisotopic (exact) mass is 338 g/mol. The predicted molar refractivity (Wildman–Crippen MR) is 86.0 cm³/mol. The largest absolute Gasteiger partial charge is 0.374 e. The van der Waals surface area contributed by atoms with Crippen molar-refractivity contribution in [2.45, 2.75) is 23.6 Å². The molecule has 0 atom stereocenters. The third-order valence-electron chi connectivity index (χ3n) is 3.92. The Morgan fingerprint density at radius 3 is 2.45 bits per heavy atom. The van der Waals surface area contributed by atoms with Gasteiger partial charge < -0.3 is 5.73 Å². The second-order valence-electron chi connectivity index (χ2n) is 5.44. The Labute approximate surface area is 134 Å². The van der Waals surface area contributed by atoms with E-state index in [1.165, 1.54) is 9.87 Å². The topological polar surface area (TPSA) is 89.2 Å². The summed E-state index contributed by atoms with van der Waals surface area (Å²) in [4.78, 5) is 0. The summed E-state index contributed by atoms with van der Waals surface area (Å²) in [5.74, 6) is 0.522. The van der Waals surface area contributed by atoms with Crippen molar-refractivity contribution in [3.8, 4) is 0 Å². The van der Waals surface area contributed by atoms with Crippen molar-refractivity contribution in [1.82, 2.24) is 14.5 Å². The molecular weight excluding hydrogens is 320 g/mol. The van der Waals surface area contributed by atoms with Crippen molar-refractivity contribution < 1.29 is 8.42 Å².